The molecule has 0 aliphatic heterocycles. The predicted octanol–water partition coefficient (Wildman–Crippen LogP) is 3.08. The van der Waals surface area contributed by atoms with Crippen LogP contribution in [0.3, 0.4) is 0 Å². The van der Waals surface area contributed by atoms with Crippen LogP contribution >= 0.6 is 11.3 Å². The maximum absolute atomic E-state index is 11.5. The molecule has 2 aromatic rings. The third-order valence-corrected chi connectivity index (χ3v) is 4.32. The third kappa shape index (κ3) is 3.48. The summed E-state index contributed by atoms with van der Waals surface area (Å²) in [6, 6.07) is 6.74. The second-order valence-corrected chi connectivity index (χ2v) is 6.39. The van der Waals surface area contributed by atoms with E-state index in [4.69, 9.17) is 0 Å². The summed E-state index contributed by atoms with van der Waals surface area (Å²) in [6.07, 6.45) is 3.73. The van der Waals surface area contributed by atoms with Crippen molar-refractivity contribution >= 4 is 32.6 Å². The maximum atomic E-state index is 11.5. The number of hydrogen-bond acceptors (Lipinski definition) is 4. The van der Waals surface area contributed by atoms with Crippen LogP contribution in [0.2, 0.25) is 0 Å². The molecule has 1 aliphatic rings. The van der Waals surface area contributed by atoms with Gasteiger partial charge < -0.3 is 10.6 Å². The van der Waals surface area contributed by atoms with Gasteiger partial charge in [0.15, 0.2) is 5.13 Å². The molecule has 1 aromatic heterocycles. The molecule has 0 bridgehead atoms. The molecule has 106 valence electrons. The van der Waals surface area contributed by atoms with Gasteiger partial charge >= 0.3 is 0 Å². The second kappa shape index (κ2) is 5.79. The second-order valence-electron chi connectivity index (χ2n) is 5.36. The Balaban J connectivity index is 1.45. The van der Waals surface area contributed by atoms with Crippen LogP contribution < -0.4 is 10.6 Å². The molecule has 1 fully saturated rings. The van der Waals surface area contributed by atoms with Gasteiger partial charge in [0.25, 0.3) is 0 Å². The number of hydrogen-bond donors (Lipinski definition) is 2. The smallest absolute Gasteiger partial charge is 0.220 e. The van der Waals surface area contributed by atoms with Crippen LogP contribution in [0.15, 0.2) is 18.2 Å². The molecule has 1 saturated carbocycles. The zero-order valence-electron chi connectivity index (χ0n) is 11.6. The quantitative estimate of drug-likeness (QED) is 0.804. The van der Waals surface area contributed by atoms with Crippen LogP contribution in [0.4, 0.5) is 5.13 Å². The molecule has 3 rings (SSSR count). The number of benzene rings is 1. The van der Waals surface area contributed by atoms with Gasteiger partial charge in [-0.2, -0.15) is 0 Å². The minimum atomic E-state index is 0.175. The average Bonchev–Trinajstić information content (AvgIpc) is 3.12. The van der Waals surface area contributed by atoms with E-state index in [1.54, 1.807) is 11.3 Å². The fourth-order valence-electron chi connectivity index (χ4n) is 2.08. The van der Waals surface area contributed by atoms with Crippen molar-refractivity contribution in [1.82, 2.24) is 10.3 Å². The molecule has 1 heterocycles. The van der Waals surface area contributed by atoms with Crippen LogP contribution in [0, 0.1) is 6.92 Å². The third-order valence-electron chi connectivity index (χ3n) is 3.34. The van der Waals surface area contributed by atoms with Crippen molar-refractivity contribution in [2.75, 3.05) is 11.9 Å². The molecule has 0 unspecified atom stereocenters. The molecule has 2 N–H and O–H groups in total. The molecular weight excluding hydrogens is 270 g/mol. The summed E-state index contributed by atoms with van der Waals surface area (Å²) in [5.74, 6) is 0.175. The minimum Gasteiger partial charge on any atom is -0.361 e. The highest BCUT2D eigenvalue weighted by Gasteiger charge is 2.22. The van der Waals surface area contributed by atoms with Crippen molar-refractivity contribution in [3.8, 4) is 0 Å². The summed E-state index contributed by atoms with van der Waals surface area (Å²) in [5.41, 5.74) is 2.29. The first kappa shape index (κ1) is 13.4. The Bertz CT molecular complexity index is 619. The average molecular weight is 289 g/mol. The standard InChI is InChI=1S/C15H19N3OS/c1-10-4-7-12-13(9-10)20-15(18-12)16-8-2-3-14(19)17-11-5-6-11/h4,7,9,11H,2-3,5-6,8H2,1H3,(H,16,18)(H,17,19). The lowest BCUT2D eigenvalue weighted by molar-refractivity contribution is -0.121. The number of thiazole rings is 1. The number of fused-ring (bicyclic) bond motifs is 1. The Labute approximate surface area is 122 Å². The number of amides is 1. The monoisotopic (exact) mass is 289 g/mol. The highest BCUT2D eigenvalue weighted by atomic mass is 32.1. The number of aromatic nitrogens is 1. The summed E-state index contributed by atoms with van der Waals surface area (Å²) in [6.45, 7) is 2.88. The van der Waals surface area contributed by atoms with Crippen molar-refractivity contribution in [3.63, 3.8) is 0 Å². The van der Waals surface area contributed by atoms with E-state index in [1.807, 2.05) is 0 Å². The Morgan fingerprint density at radius 2 is 2.30 bits per heavy atom. The van der Waals surface area contributed by atoms with Crippen molar-refractivity contribution in [3.05, 3.63) is 23.8 Å². The molecule has 0 spiro atoms. The molecule has 0 radical (unpaired) electrons. The Hall–Kier alpha value is -1.62. The van der Waals surface area contributed by atoms with Crippen LogP contribution in [0.1, 0.15) is 31.2 Å². The Kier molecular flexibility index (Phi) is 3.87. The molecule has 5 heteroatoms. The predicted molar refractivity (Wildman–Crippen MR) is 83.2 cm³/mol. The molecule has 1 aliphatic carbocycles. The fraction of sp³-hybridized carbons (Fsp3) is 0.467. The van der Waals surface area contributed by atoms with E-state index < -0.39 is 0 Å². The zero-order chi connectivity index (χ0) is 13.9. The molecule has 0 saturated heterocycles. The Morgan fingerprint density at radius 1 is 1.45 bits per heavy atom. The van der Waals surface area contributed by atoms with Gasteiger partial charge in [-0.1, -0.05) is 17.4 Å². The number of aryl methyl sites for hydroxylation is 1. The molecule has 0 atom stereocenters. The van der Waals surface area contributed by atoms with Gasteiger partial charge in [-0.05, 0) is 43.9 Å². The first-order valence-corrected chi connectivity index (χ1v) is 7.93. The molecule has 1 amide bonds. The summed E-state index contributed by atoms with van der Waals surface area (Å²) in [4.78, 5) is 16.1. The maximum Gasteiger partial charge on any atom is 0.220 e. The van der Waals surface area contributed by atoms with Crippen LogP contribution in [0.5, 0.6) is 0 Å². The summed E-state index contributed by atoms with van der Waals surface area (Å²) >= 11 is 1.67. The summed E-state index contributed by atoms with van der Waals surface area (Å²) in [7, 11) is 0. The molecule has 20 heavy (non-hydrogen) atoms. The van der Waals surface area contributed by atoms with Crippen molar-refractivity contribution < 1.29 is 4.79 Å². The lowest BCUT2D eigenvalue weighted by Crippen LogP contribution is -2.25. The highest BCUT2D eigenvalue weighted by Crippen LogP contribution is 2.26. The first-order chi connectivity index (χ1) is 9.70. The van der Waals surface area contributed by atoms with E-state index in [9.17, 15) is 4.79 Å². The molecule has 1 aromatic carbocycles. The first-order valence-electron chi connectivity index (χ1n) is 7.11. The van der Waals surface area contributed by atoms with Gasteiger partial charge in [0.1, 0.15) is 0 Å². The van der Waals surface area contributed by atoms with Gasteiger partial charge in [0.05, 0.1) is 10.2 Å². The van der Waals surface area contributed by atoms with Crippen LogP contribution in [-0.4, -0.2) is 23.5 Å². The fourth-order valence-corrected chi connectivity index (χ4v) is 3.07. The lowest BCUT2D eigenvalue weighted by Gasteiger charge is -2.03. The lowest BCUT2D eigenvalue weighted by atomic mass is 10.2. The SMILES string of the molecule is Cc1ccc2nc(NCCCC(=O)NC3CC3)sc2c1. The number of nitrogens with one attached hydrogen (secondary N) is 2. The number of anilines is 1. The van der Waals surface area contributed by atoms with Crippen LogP contribution in [0.25, 0.3) is 10.2 Å². The van der Waals surface area contributed by atoms with Crippen molar-refractivity contribution in [2.45, 2.75) is 38.6 Å². The van der Waals surface area contributed by atoms with Crippen molar-refractivity contribution in [1.29, 1.82) is 0 Å². The van der Waals surface area contributed by atoms with Gasteiger partial charge in [-0.25, -0.2) is 4.98 Å². The van der Waals surface area contributed by atoms with Crippen LogP contribution in [-0.2, 0) is 4.79 Å². The van der Waals surface area contributed by atoms with Gasteiger partial charge in [0.2, 0.25) is 5.91 Å². The number of carbonyl (C=O) groups is 1. The number of rotatable bonds is 6. The summed E-state index contributed by atoms with van der Waals surface area (Å²) in [5, 5.41) is 7.24. The molecule has 4 nitrogen and oxygen atoms in total. The van der Waals surface area contributed by atoms with E-state index >= 15 is 0 Å². The van der Waals surface area contributed by atoms with Gasteiger partial charge in [0, 0.05) is 19.0 Å². The minimum absolute atomic E-state index is 0.175. The van der Waals surface area contributed by atoms with E-state index in [1.165, 1.54) is 10.3 Å². The molecular formula is C15H19N3OS. The highest BCUT2D eigenvalue weighted by molar-refractivity contribution is 7.22. The van der Waals surface area contributed by atoms with E-state index in [0.29, 0.717) is 12.5 Å². The van der Waals surface area contributed by atoms with E-state index in [0.717, 1.165) is 36.5 Å². The number of nitrogens with zero attached hydrogens (tertiary/aromatic N) is 1. The summed E-state index contributed by atoms with van der Waals surface area (Å²) < 4.78 is 1.21. The Morgan fingerprint density at radius 3 is 3.10 bits per heavy atom. The van der Waals surface area contributed by atoms with E-state index in [2.05, 4.69) is 40.7 Å². The van der Waals surface area contributed by atoms with E-state index in [-0.39, 0.29) is 5.91 Å². The largest absolute Gasteiger partial charge is 0.361 e. The number of carbonyl (C=O) groups excluding carboxylic acids is 1. The zero-order valence-corrected chi connectivity index (χ0v) is 12.4. The normalized spacial score (nSPS) is 14.4. The van der Waals surface area contributed by atoms with Gasteiger partial charge in [-0.3, -0.25) is 4.79 Å². The van der Waals surface area contributed by atoms with Crippen molar-refractivity contribution in [2.24, 2.45) is 0 Å². The topological polar surface area (TPSA) is 54.0 Å². The van der Waals surface area contributed by atoms with Gasteiger partial charge in [-0.15, -0.1) is 0 Å².